The second-order valence-electron chi connectivity index (χ2n) is 6.36. The monoisotopic (exact) mass is 447 g/mol. The van der Waals surface area contributed by atoms with Gasteiger partial charge in [-0.3, -0.25) is 14.5 Å². The number of likely N-dealkylation sites (N-methyl/N-ethyl adjacent to an activating group) is 1. The van der Waals surface area contributed by atoms with Gasteiger partial charge >= 0.3 is 0 Å². The van der Waals surface area contributed by atoms with Crippen LogP contribution < -0.4 is 10.6 Å². The van der Waals surface area contributed by atoms with Gasteiger partial charge in [-0.1, -0.05) is 23.2 Å². The highest BCUT2D eigenvalue weighted by atomic mass is 35.5. The van der Waals surface area contributed by atoms with Gasteiger partial charge in [-0.15, -0.1) is 0 Å². The van der Waals surface area contributed by atoms with E-state index in [-0.39, 0.29) is 0 Å². The number of carbonyl (C=O) groups is 2. The molecule has 0 aliphatic rings. The fourth-order valence-corrected chi connectivity index (χ4v) is 3.03. The Balaban J connectivity index is 1.89. The van der Waals surface area contributed by atoms with Gasteiger partial charge < -0.3 is 10.6 Å². The summed E-state index contributed by atoms with van der Waals surface area (Å²) in [6, 6.07) is 6.00. The lowest BCUT2D eigenvalue weighted by molar-refractivity contribution is -0.127. The molecule has 0 spiro atoms. The Bertz CT molecular complexity index is 908. The van der Waals surface area contributed by atoms with E-state index in [1.54, 1.807) is 37.1 Å². The normalized spacial score (nSPS) is 12.0. The van der Waals surface area contributed by atoms with Gasteiger partial charge in [0, 0.05) is 16.6 Å². The molecule has 0 radical (unpaired) electrons. The fourth-order valence-electron chi connectivity index (χ4n) is 2.46. The van der Waals surface area contributed by atoms with Crippen molar-refractivity contribution in [1.82, 2.24) is 10.2 Å². The van der Waals surface area contributed by atoms with Crippen LogP contribution in [0.3, 0.4) is 0 Å². The Labute approximate surface area is 175 Å². The standard InChI is InChI=1S/C19H18Cl2F3N3O2/c1-10(27(2)9-11-5-12(20)7-13(21)6-11)19(29)25-8-16(28)26-15-4-3-14(22)17(23)18(15)24/h3-7,10H,8-9H2,1-2H3,(H,25,29)(H,26,28). The van der Waals surface area contributed by atoms with Crippen LogP contribution in [0, 0.1) is 17.5 Å². The molecule has 156 valence electrons. The van der Waals surface area contributed by atoms with E-state index in [1.807, 2.05) is 0 Å². The molecular formula is C19H18Cl2F3N3O2. The van der Waals surface area contributed by atoms with Crippen molar-refractivity contribution < 1.29 is 22.8 Å². The lowest BCUT2D eigenvalue weighted by atomic mass is 10.2. The van der Waals surface area contributed by atoms with Crippen molar-refractivity contribution in [3.05, 3.63) is 63.4 Å². The molecule has 0 fully saturated rings. The molecule has 5 nitrogen and oxygen atoms in total. The quantitative estimate of drug-likeness (QED) is 0.630. The number of hydrogen-bond donors (Lipinski definition) is 2. The largest absolute Gasteiger partial charge is 0.346 e. The number of rotatable bonds is 7. The maximum Gasteiger partial charge on any atom is 0.243 e. The van der Waals surface area contributed by atoms with Gasteiger partial charge in [0.2, 0.25) is 11.8 Å². The Kier molecular flexibility index (Phi) is 7.89. The number of nitrogens with zero attached hydrogens (tertiary/aromatic N) is 1. The lowest BCUT2D eigenvalue weighted by Crippen LogP contribution is -2.45. The van der Waals surface area contributed by atoms with E-state index in [0.29, 0.717) is 22.7 Å². The molecule has 29 heavy (non-hydrogen) atoms. The van der Waals surface area contributed by atoms with Gasteiger partial charge in [0.05, 0.1) is 18.3 Å². The lowest BCUT2D eigenvalue weighted by Gasteiger charge is -2.24. The minimum absolute atomic E-state index is 0.376. The van der Waals surface area contributed by atoms with Gasteiger partial charge in [0.25, 0.3) is 0 Å². The van der Waals surface area contributed by atoms with Crippen molar-refractivity contribution in [2.45, 2.75) is 19.5 Å². The maximum atomic E-state index is 13.6. The maximum absolute atomic E-state index is 13.6. The molecule has 0 aromatic heterocycles. The van der Waals surface area contributed by atoms with Crippen molar-refractivity contribution in [2.24, 2.45) is 0 Å². The number of amides is 2. The molecule has 1 atom stereocenters. The number of hydrogen-bond acceptors (Lipinski definition) is 3. The van der Waals surface area contributed by atoms with Crippen LogP contribution in [0.25, 0.3) is 0 Å². The third kappa shape index (κ3) is 6.35. The van der Waals surface area contributed by atoms with E-state index in [1.165, 1.54) is 0 Å². The third-order valence-corrected chi connectivity index (χ3v) is 4.56. The first kappa shape index (κ1) is 23.0. The van der Waals surface area contributed by atoms with E-state index in [4.69, 9.17) is 23.2 Å². The summed E-state index contributed by atoms with van der Waals surface area (Å²) >= 11 is 11.9. The molecular weight excluding hydrogens is 430 g/mol. The predicted octanol–water partition coefficient (Wildman–Crippen LogP) is 3.99. The van der Waals surface area contributed by atoms with Gasteiger partial charge in [-0.05, 0) is 49.9 Å². The molecule has 10 heteroatoms. The summed E-state index contributed by atoms with van der Waals surface area (Å²) in [5.41, 5.74) is 0.280. The molecule has 2 N–H and O–H groups in total. The first-order valence-electron chi connectivity index (χ1n) is 8.44. The van der Waals surface area contributed by atoms with Crippen LogP contribution in [0.15, 0.2) is 30.3 Å². The van der Waals surface area contributed by atoms with Crippen LogP contribution >= 0.6 is 23.2 Å². The summed E-state index contributed by atoms with van der Waals surface area (Å²) in [6.45, 7) is 1.54. The van der Waals surface area contributed by atoms with E-state index < -0.39 is 47.5 Å². The molecule has 1 unspecified atom stereocenters. The second-order valence-corrected chi connectivity index (χ2v) is 7.23. The van der Waals surface area contributed by atoms with E-state index in [2.05, 4.69) is 10.6 Å². The molecule has 2 rings (SSSR count). The van der Waals surface area contributed by atoms with Crippen LogP contribution in [0.5, 0.6) is 0 Å². The Morgan fingerprint density at radius 3 is 2.31 bits per heavy atom. The Morgan fingerprint density at radius 1 is 1.07 bits per heavy atom. The van der Waals surface area contributed by atoms with E-state index in [9.17, 15) is 22.8 Å². The Hall–Kier alpha value is -2.29. The van der Waals surface area contributed by atoms with Crippen LogP contribution in [0.4, 0.5) is 18.9 Å². The molecule has 2 aromatic rings. The highest BCUT2D eigenvalue weighted by Crippen LogP contribution is 2.21. The number of anilines is 1. The van der Waals surface area contributed by atoms with Crippen LogP contribution in [0.1, 0.15) is 12.5 Å². The topological polar surface area (TPSA) is 61.4 Å². The van der Waals surface area contributed by atoms with Gasteiger partial charge in [0.15, 0.2) is 17.5 Å². The van der Waals surface area contributed by atoms with Crippen molar-refractivity contribution in [3.63, 3.8) is 0 Å². The number of halogens is 5. The van der Waals surface area contributed by atoms with Crippen LogP contribution in [-0.4, -0.2) is 36.3 Å². The predicted molar refractivity (Wildman–Crippen MR) is 105 cm³/mol. The van der Waals surface area contributed by atoms with Crippen LogP contribution in [-0.2, 0) is 16.1 Å². The summed E-state index contributed by atoms with van der Waals surface area (Å²) in [5.74, 6) is -5.82. The number of carbonyl (C=O) groups excluding carboxylic acids is 2. The highest BCUT2D eigenvalue weighted by molar-refractivity contribution is 6.34. The number of nitrogens with one attached hydrogen (secondary N) is 2. The summed E-state index contributed by atoms with van der Waals surface area (Å²) in [4.78, 5) is 25.8. The summed E-state index contributed by atoms with van der Waals surface area (Å²) in [6.07, 6.45) is 0. The smallest absolute Gasteiger partial charge is 0.243 e. The zero-order valence-electron chi connectivity index (χ0n) is 15.5. The average Bonchev–Trinajstić information content (AvgIpc) is 2.65. The molecule has 0 saturated heterocycles. The van der Waals surface area contributed by atoms with E-state index >= 15 is 0 Å². The molecule has 0 saturated carbocycles. The molecule has 0 heterocycles. The van der Waals surface area contributed by atoms with Gasteiger partial charge in [-0.25, -0.2) is 13.2 Å². The molecule has 0 aliphatic heterocycles. The van der Waals surface area contributed by atoms with Crippen molar-refractivity contribution in [3.8, 4) is 0 Å². The number of benzene rings is 2. The minimum Gasteiger partial charge on any atom is -0.346 e. The molecule has 0 aliphatic carbocycles. The highest BCUT2D eigenvalue weighted by Gasteiger charge is 2.20. The van der Waals surface area contributed by atoms with E-state index in [0.717, 1.165) is 11.6 Å². The Morgan fingerprint density at radius 2 is 1.69 bits per heavy atom. The zero-order chi connectivity index (χ0) is 21.7. The van der Waals surface area contributed by atoms with Gasteiger partial charge in [-0.2, -0.15) is 0 Å². The minimum atomic E-state index is -1.69. The van der Waals surface area contributed by atoms with Gasteiger partial charge in [0.1, 0.15) is 0 Å². The fraction of sp³-hybridized carbons (Fsp3) is 0.263. The summed E-state index contributed by atoms with van der Waals surface area (Å²) in [5, 5.41) is 5.42. The third-order valence-electron chi connectivity index (χ3n) is 4.13. The summed E-state index contributed by atoms with van der Waals surface area (Å²) < 4.78 is 39.7. The molecule has 2 amide bonds. The zero-order valence-corrected chi connectivity index (χ0v) is 17.0. The van der Waals surface area contributed by atoms with Crippen molar-refractivity contribution >= 4 is 40.7 Å². The van der Waals surface area contributed by atoms with Crippen molar-refractivity contribution in [2.75, 3.05) is 18.9 Å². The average molecular weight is 448 g/mol. The SMILES string of the molecule is CC(C(=O)NCC(=O)Nc1ccc(F)c(F)c1F)N(C)Cc1cc(Cl)cc(Cl)c1. The molecule has 0 bridgehead atoms. The summed E-state index contributed by atoms with van der Waals surface area (Å²) in [7, 11) is 1.70. The van der Waals surface area contributed by atoms with Crippen molar-refractivity contribution in [1.29, 1.82) is 0 Å². The first-order valence-corrected chi connectivity index (χ1v) is 9.20. The molecule has 2 aromatic carbocycles. The van der Waals surface area contributed by atoms with Crippen LogP contribution in [0.2, 0.25) is 10.0 Å². The first-order chi connectivity index (χ1) is 13.6. The second kappa shape index (κ2) is 9.96.